The molecule has 0 N–H and O–H groups in total. The standard InChI is InChI=1S/C18H16N2OS3/c1-12-8-10-14(11-9-12)16(21)13(2)23-17-19-20(18(22)24-17)15-6-4-3-5-7-15/h3-11,13H,1-2H3. The number of carbonyl (C=O) groups excluding carboxylic acids is 1. The van der Waals surface area contributed by atoms with Crippen LogP contribution in [0.3, 0.4) is 0 Å². The molecule has 0 aliphatic carbocycles. The number of hydrogen-bond donors (Lipinski definition) is 0. The minimum Gasteiger partial charge on any atom is -0.293 e. The highest BCUT2D eigenvalue weighted by Gasteiger charge is 2.19. The second-order valence-electron chi connectivity index (χ2n) is 5.37. The number of para-hydroxylation sites is 1. The van der Waals surface area contributed by atoms with Crippen molar-refractivity contribution >= 4 is 41.1 Å². The Bertz CT molecular complexity index is 898. The Morgan fingerprint density at radius 3 is 2.50 bits per heavy atom. The summed E-state index contributed by atoms with van der Waals surface area (Å²) in [5.41, 5.74) is 2.81. The molecular weight excluding hydrogens is 356 g/mol. The van der Waals surface area contributed by atoms with Crippen molar-refractivity contribution in [3.8, 4) is 5.69 Å². The van der Waals surface area contributed by atoms with Gasteiger partial charge in [0.15, 0.2) is 14.1 Å². The number of benzene rings is 2. The second-order valence-corrected chi connectivity index (χ2v) is 8.58. The predicted molar refractivity (Wildman–Crippen MR) is 103 cm³/mol. The Hall–Kier alpha value is -1.76. The Morgan fingerprint density at radius 1 is 1.17 bits per heavy atom. The maximum atomic E-state index is 12.5. The molecule has 0 saturated carbocycles. The monoisotopic (exact) mass is 372 g/mol. The van der Waals surface area contributed by atoms with Crippen LogP contribution in [0.2, 0.25) is 0 Å². The number of hydrogen-bond acceptors (Lipinski definition) is 5. The molecular formula is C18H16N2OS3. The van der Waals surface area contributed by atoms with Gasteiger partial charge in [-0.15, -0.1) is 5.10 Å². The summed E-state index contributed by atoms with van der Waals surface area (Å²) in [6.45, 7) is 3.92. The first-order valence-electron chi connectivity index (χ1n) is 7.48. The van der Waals surface area contributed by atoms with Gasteiger partial charge in [-0.1, -0.05) is 71.1 Å². The maximum absolute atomic E-state index is 12.5. The van der Waals surface area contributed by atoms with Crippen molar-refractivity contribution < 1.29 is 4.79 Å². The third-order valence-corrected chi connectivity index (χ3v) is 5.93. The van der Waals surface area contributed by atoms with E-state index in [1.54, 1.807) is 4.68 Å². The van der Waals surface area contributed by atoms with E-state index in [1.807, 2.05) is 68.4 Å². The SMILES string of the molecule is Cc1ccc(C(=O)C(C)Sc2nn(-c3ccccc3)c(=S)s2)cc1. The number of aryl methyl sites for hydroxylation is 1. The third kappa shape index (κ3) is 3.83. The highest BCUT2D eigenvalue weighted by Crippen LogP contribution is 2.29. The molecule has 0 aliphatic heterocycles. The summed E-state index contributed by atoms with van der Waals surface area (Å²) in [6.07, 6.45) is 0. The van der Waals surface area contributed by atoms with E-state index in [0.29, 0.717) is 3.95 Å². The third-order valence-electron chi connectivity index (χ3n) is 3.51. The van der Waals surface area contributed by atoms with Gasteiger partial charge in [-0.25, -0.2) is 4.68 Å². The molecule has 0 radical (unpaired) electrons. The lowest BCUT2D eigenvalue weighted by molar-refractivity contribution is 0.0994. The van der Waals surface area contributed by atoms with Crippen LogP contribution in [0.15, 0.2) is 58.9 Å². The van der Waals surface area contributed by atoms with E-state index in [-0.39, 0.29) is 11.0 Å². The lowest BCUT2D eigenvalue weighted by Gasteiger charge is -2.08. The summed E-state index contributed by atoms with van der Waals surface area (Å²) < 4.78 is 3.22. The van der Waals surface area contributed by atoms with Gasteiger partial charge < -0.3 is 0 Å². The molecule has 1 atom stereocenters. The van der Waals surface area contributed by atoms with Crippen LogP contribution < -0.4 is 0 Å². The minimum atomic E-state index is -0.211. The van der Waals surface area contributed by atoms with Crippen molar-refractivity contribution in [3.05, 3.63) is 69.7 Å². The fourth-order valence-corrected chi connectivity index (χ4v) is 4.78. The van der Waals surface area contributed by atoms with E-state index in [1.165, 1.54) is 23.1 Å². The molecule has 0 saturated heterocycles. The first-order chi connectivity index (χ1) is 11.5. The zero-order valence-corrected chi connectivity index (χ0v) is 15.8. The molecule has 1 heterocycles. The van der Waals surface area contributed by atoms with Crippen LogP contribution in [0.5, 0.6) is 0 Å². The molecule has 2 aromatic carbocycles. The van der Waals surface area contributed by atoms with Crippen LogP contribution in [0.4, 0.5) is 0 Å². The van der Waals surface area contributed by atoms with Crippen LogP contribution in [-0.2, 0) is 0 Å². The van der Waals surface area contributed by atoms with E-state index in [9.17, 15) is 4.79 Å². The Labute approximate surface area is 154 Å². The van der Waals surface area contributed by atoms with E-state index < -0.39 is 0 Å². The Balaban J connectivity index is 1.78. The van der Waals surface area contributed by atoms with Crippen molar-refractivity contribution in [1.82, 2.24) is 9.78 Å². The molecule has 1 aromatic heterocycles. The van der Waals surface area contributed by atoms with Gasteiger partial charge in [-0.05, 0) is 38.2 Å². The number of carbonyl (C=O) groups is 1. The van der Waals surface area contributed by atoms with Gasteiger partial charge in [-0.2, -0.15) is 0 Å². The molecule has 3 rings (SSSR count). The fourth-order valence-electron chi connectivity index (χ4n) is 2.20. The smallest absolute Gasteiger partial charge is 0.184 e. The van der Waals surface area contributed by atoms with Crippen molar-refractivity contribution in [2.45, 2.75) is 23.4 Å². The normalized spacial score (nSPS) is 12.1. The van der Waals surface area contributed by atoms with Gasteiger partial charge in [0.1, 0.15) is 0 Å². The molecule has 24 heavy (non-hydrogen) atoms. The fraction of sp³-hybridized carbons (Fsp3) is 0.167. The zero-order chi connectivity index (χ0) is 17.1. The number of ketones is 1. The minimum absolute atomic E-state index is 0.104. The number of rotatable bonds is 5. The van der Waals surface area contributed by atoms with Gasteiger partial charge >= 0.3 is 0 Å². The maximum Gasteiger partial charge on any atom is 0.184 e. The number of Topliss-reactive ketones (excluding diaryl/α,β-unsaturated/α-hetero) is 1. The zero-order valence-electron chi connectivity index (χ0n) is 13.3. The average molecular weight is 373 g/mol. The largest absolute Gasteiger partial charge is 0.293 e. The van der Waals surface area contributed by atoms with Crippen LogP contribution in [0.25, 0.3) is 5.69 Å². The van der Waals surface area contributed by atoms with Gasteiger partial charge in [0, 0.05) is 5.56 Å². The number of thioether (sulfide) groups is 1. The van der Waals surface area contributed by atoms with Gasteiger partial charge in [0.25, 0.3) is 0 Å². The molecule has 0 amide bonds. The molecule has 1 unspecified atom stereocenters. The van der Waals surface area contributed by atoms with Gasteiger partial charge in [0.2, 0.25) is 0 Å². The van der Waals surface area contributed by atoms with Gasteiger partial charge in [0.05, 0.1) is 10.9 Å². The second kappa shape index (κ2) is 7.42. The van der Waals surface area contributed by atoms with Crippen LogP contribution in [-0.4, -0.2) is 20.8 Å². The molecule has 0 aliphatic rings. The first-order valence-corrected chi connectivity index (χ1v) is 9.58. The summed E-state index contributed by atoms with van der Waals surface area (Å²) in [4.78, 5) is 12.5. The highest BCUT2D eigenvalue weighted by atomic mass is 32.2. The van der Waals surface area contributed by atoms with Crippen LogP contribution in [0, 0.1) is 10.9 Å². The highest BCUT2D eigenvalue weighted by molar-refractivity contribution is 8.02. The lowest BCUT2D eigenvalue weighted by Crippen LogP contribution is -2.13. The molecule has 0 fully saturated rings. The Kier molecular flexibility index (Phi) is 5.28. The van der Waals surface area contributed by atoms with E-state index in [4.69, 9.17) is 12.2 Å². The summed E-state index contributed by atoms with van der Waals surface area (Å²) in [6, 6.07) is 17.4. The summed E-state index contributed by atoms with van der Waals surface area (Å²) in [7, 11) is 0. The van der Waals surface area contributed by atoms with E-state index in [0.717, 1.165) is 21.2 Å². The van der Waals surface area contributed by atoms with Crippen molar-refractivity contribution in [3.63, 3.8) is 0 Å². The summed E-state index contributed by atoms with van der Waals surface area (Å²) in [5.74, 6) is 0.104. The molecule has 6 heteroatoms. The van der Waals surface area contributed by atoms with E-state index in [2.05, 4.69) is 5.10 Å². The molecule has 0 spiro atoms. The Morgan fingerprint density at radius 2 is 1.83 bits per heavy atom. The summed E-state index contributed by atoms with van der Waals surface area (Å²) in [5, 5.41) is 4.34. The van der Waals surface area contributed by atoms with Crippen LogP contribution >= 0.6 is 35.3 Å². The van der Waals surface area contributed by atoms with Crippen molar-refractivity contribution in [2.24, 2.45) is 0 Å². The topological polar surface area (TPSA) is 34.9 Å². The predicted octanol–water partition coefficient (Wildman–Crippen LogP) is 5.34. The van der Waals surface area contributed by atoms with Crippen molar-refractivity contribution in [1.29, 1.82) is 0 Å². The first kappa shape index (κ1) is 17.1. The van der Waals surface area contributed by atoms with Gasteiger partial charge in [-0.3, -0.25) is 4.79 Å². The quantitative estimate of drug-likeness (QED) is 0.344. The average Bonchev–Trinajstić information content (AvgIpc) is 2.96. The summed E-state index contributed by atoms with van der Waals surface area (Å²) >= 11 is 8.28. The molecule has 122 valence electrons. The van der Waals surface area contributed by atoms with Crippen molar-refractivity contribution in [2.75, 3.05) is 0 Å². The molecule has 3 nitrogen and oxygen atoms in total. The molecule has 3 aromatic rings. The molecule has 0 bridgehead atoms. The number of aromatic nitrogens is 2. The number of nitrogens with zero attached hydrogens (tertiary/aromatic N) is 2. The lowest BCUT2D eigenvalue weighted by atomic mass is 10.1. The van der Waals surface area contributed by atoms with E-state index >= 15 is 0 Å². The van der Waals surface area contributed by atoms with Crippen LogP contribution in [0.1, 0.15) is 22.8 Å².